The minimum Gasteiger partial charge on any atom is -0.486 e. The Kier molecular flexibility index (Phi) is 17.4. The quantitative estimate of drug-likeness (QED) is 0.106. The van der Waals surface area contributed by atoms with E-state index in [0.717, 1.165) is 61.4 Å². The maximum absolute atomic E-state index is 9.47. The van der Waals surface area contributed by atoms with E-state index in [4.69, 9.17) is 9.40 Å². The molecule has 0 spiro atoms. The van der Waals surface area contributed by atoms with Crippen molar-refractivity contribution in [2.75, 3.05) is 0 Å². The van der Waals surface area contributed by atoms with Crippen LogP contribution < -0.4 is 5.19 Å². The molecule has 0 saturated heterocycles. The second kappa shape index (κ2) is 24.5. The Morgan fingerprint density at radius 3 is 1.69 bits per heavy atom. The zero-order valence-corrected chi connectivity index (χ0v) is 51.0. The number of furan rings is 1. The summed E-state index contributed by atoms with van der Waals surface area (Å²) in [5, 5.41) is 12.6. The number of benzene rings is 7. The van der Waals surface area contributed by atoms with E-state index in [1.807, 2.05) is 91.3 Å². The molecule has 81 heavy (non-hydrogen) atoms. The van der Waals surface area contributed by atoms with E-state index in [9.17, 15) is 5.26 Å². The van der Waals surface area contributed by atoms with Crippen LogP contribution in [0, 0.1) is 29.5 Å². The number of nitriles is 1. The van der Waals surface area contributed by atoms with E-state index in [-0.39, 0.29) is 37.4 Å². The van der Waals surface area contributed by atoms with Crippen molar-refractivity contribution in [3.05, 3.63) is 241 Å². The van der Waals surface area contributed by atoms with E-state index in [2.05, 4.69) is 215 Å². The SMILES string of the molecule is CC(C)(C)c1ccc(-c2[c-]cccc2)nc1.CC(C)c1cc(-c2ccc(-c3ccccc3)cc2)cc(C(C)C)c1-n1c(-c2[c-]ccc3c2oc2nc(C#N)ccc23)nc2ccccc21.C[Si](C)(C)c1ccc(-c2[c-]cccc2)nc1.[Ir+3]. The predicted molar refractivity (Wildman–Crippen MR) is 333 cm³/mol. The van der Waals surface area contributed by atoms with Gasteiger partial charge in [-0.2, -0.15) is 5.26 Å². The average molecular weight is 1250 g/mol. The van der Waals surface area contributed by atoms with E-state index < -0.39 is 8.07 Å². The fourth-order valence-corrected chi connectivity index (χ4v) is 10.9. The maximum Gasteiger partial charge on any atom is 3.00 e. The van der Waals surface area contributed by atoms with Gasteiger partial charge in [0.1, 0.15) is 11.8 Å². The molecule has 7 nitrogen and oxygen atoms in total. The Labute approximate surface area is 491 Å². The summed E-state index contributed by atoms with van der Waals surface area (Å²) < 4.78 is 8.69. The Bertz CT molecular complexity index is 3990. The number of hydrogen-bond acceptors (Lipinski definition) is 6. The fourth-order valence-electron chi connectivity index (χ4n) is 9.84. The van der Waals surface area contributed by atoms with Gasteiger partial charge in [0.15, 0.2) is 0 Å². The second-order valence-corrected chi connectivity index (χ2v) is 27.9. The molecular formula is C72H65IrN6OSi. The summed E-state index contributed by atoms with van der Waals surface area (Å²) in [6, 6.07) is 76.2. The molecule has 0 radical (unpaired) electrons. The third-order valence-electron chi connectivity index (χ3n) is 14.4. The van der Waals surface area contributed by atoms with Gasteiger partial charge in [0.05, 0.1) is 30.5 Å². The van der Waals surface area contributed by atoms with E-state index >= 15 is 0 Å². The van der Waals surface area contributed by atoms with Crippen LogP contribution in [0.25, 0.3) is 94.9 Å². The Morgan fingerprint density at radius 1 is 0.568 bits per heavy atom. The van der Waals surface area contributed by atoms with Crippen molar-refractivity contribution in [1.29, 1.82) is 5.26 Å². The molecule has 5 heterocycles. The largest absolute Gasteiger partial charge is 3.00 e. The maximum atomic E-state index is 9.47. The number of hydrogen-bond donors (Lipinski definition) is 0. The minimum absolute atomic E-state index is 0. The van der Waals surface area contributed by atoms with Gasteiger partial charge in [-0.25, -0.2) is 4.98 Å². The van der Waals surface area contributed by atoms with Crippen LogP contribution in [-0.4, -0.2) is 32.6 Å². The summed E-state index contributed by atoms with van der Waals surface area (Å²) >= 11 is 0. The normalized spacial score (nSPS) is 11.4. The van der Waals surface area contributed by atoms with Crippen molar-refractivity contribution in [3.63, 3.8) is 0 Å². The Hall–Kier alpha value is -8.38. The van der Waals surface area contributed by atoms with Gasteiger partial charge >= 0.3 is 20.1 Å². The molecule has 402 valence electrons. The van der Waals surface area contributed by atoms with Gasteiger partial charge in [0, 0.05) is 23.5 Å². The molecule has 0 unspecified atom stereocenters. The van der Waals surface area contributed by atoms with Crippen molar-refractivity contribution in [2.45, 2.75) is 85.4 Å². The van der Waals surface area contributed by atoms with Crippen LogP contribution in [0.2, 0.25) is 19.6 Å². The first kappa shape index (κ1) is 57.3. The van der Waals surface area contributed by atoms with Gasteiger partial charge in [-0.1, -0.05) is 170 Å². The van der Waals surface area contributed by atoms with E-state index in [1.165, 1.54) is 44.1 Å². The first-order valence-electron chi connectivity index (χ1n) is 27.4. The summed E-state index contributed by atoms with van der Waals surface area (Å²) in [6.45, 7) is 22.6. The molecule has 0 amide bonds. The molecule has 0 atom stereocenters. The smallest absolute Gasteiger partial charge is 0.486 e. The summed E-state index contributed by atoms with van der Waals surface area (Å²) in [6.07, 6.45) is 3.97. The standard InChI is InChI=1S/C43H33N4O.C15H16N.C14H16NSi.Ir/c1-26(2)36-23-31(30-19-17-29(18-20-30)28-11-6-5-7-12-28)24-37(27(3)4)40(36)47-39-16-9-8-15-38(39)46-42(47)35-14-10-13-33-34-22-21-32(25-44)45-43(34)48-41(33)35;1-15(2,3)13-9-10-14(16-11-13)12-7-5-4-6-8-12;1-16(2,3)13-9-10-14(15-11-13)12-7-5-4-6-8-12;/h5-13,15-24,26-27H,1-4H3;2*4-7,9-11H,1-3H3;/q3*-1;+3. The van der Waals surface area contributed by atoms with Crippen LogP contribution in [0.4, 0.5) is 0 Å². The Morgan fingerprint density at radius 2 is 1.15 bits per heavy atom. The molecule has 0 saturated carbocycles. The molecule has 0 N–H and O–H groups in total. The first-order valence-corrected chi connectivity index (χ1v) is 30.9. The third-order valence-corrected chi connectivity index (χ3v) is 16.4. The number of fused-ring (bicyclic) bond motifs is 4. The molecule has 7 aromatic carbocycles. The van der Waals surface area contributed by atoms with E-state index in [1.54, 1.807) is 6.07 Å². The molecule has 5 aromatic heterocycles. The van der Waals surface area contributed by atoms with Crippen molar-refractivity contribution < 1.29 is 24.5 Å². The van der Waals surface area contributed by atoms with E-state index in [0.29, 0.717) is 17.0 Å². The molecule has 0 bridgehead atoms. The van der Waals surface area contributed by atoms with Gasteiger partial charge in [0.2, 0.25) is 5.71 Å². The van der Waals surface area contributed by atoms with Gasteiger partial charge in [-0.15, -0.1) is 90.0 Å². The molecular weight excluding hydrogens is 1190 g/mol. The number of aromatic nitrogens is 5. The monoisotopic (exact) mass is 1250 g/mol. The molecule has 12 aromatic rings. The fraction of sp³-hybridized carbons (Fsp3) is 0.181. The third kappa shape index (κ3) is 12.7. The average Bonchev–Trinajstić information content (AvgIpc) is 4.12. The van der Waals surface area contributed by atoms with Crippen LogP contribution >= 0.6 is 0 Å². The van der Waals surface area contributed by atoms with Crippen LogP contribution in [0.1, 0.15) is 82.7 Å². The van der Waals surface area contributed by atoms with Crippen LogP contribution in [0.5, 0.6) is 0 Å². The molecule has 0 aliphatic carbocycles. The van der Waals surface area contributed by atoms with Crippen LogP contribution in [-0.2, 0) is 25.5 Å². The predicted octanol–water partition coefficient (Wildman–Crippen LogP) is 18.2. The number of nitrogens with zero attached hydrogens (tertiary/aromatic N) is 6. The molecule has 0 aliphatic heterocycles. The van der Waals surface area contributed by atoms with Gasteiger partial charge in [-0.05, 0) is 109 Å². The van der Waals surface area contributed by atoms with Crippen LogP contribution in [0.15, 0.2) is 205 Å². The van der Waals surface area contributed by atoms with Crippen molar-refractivity contribution in [1.82, 2.24) is 24.5 Å². The molecule has 0 aliphatic rings. The number of imidazole rings is 1. The number of rotatable bonds is 9. The van der Waals surface area contributed by atoms with Crippen molar-refractivity contribution >= 4 is 46.4 Å². The molecule has 9 heteroatoms. The minimum atomic E-state index is -1.23. The zero-order chi connectivity index (χ0) is 56.1. The number of pyridine rings is 3. The van der Waals surface area contributed by atoms with Crippen molar-refractivity contribution in [3.8, 4) is 67.9 Å². The zero-order valence-electron chi connectivity index (χ0n) is 47.6. The topological polar surface area (TPSA) is 93.4 Å². The molecule has 0 fully saturated rings. The van der Waals surface area contributed by atoms with Crippen LogP contribution in [0.3, 0.4) is 0 Å². The van der Waals surface area contributed by atoms with Gasteiger partial charge in [0.25, 0.3) is 0 Å². The first-order chi connectivity index (χ1) is 38.5. The van der Waals surface area contributed by atoms with Gasteiger partial charge in [-0.3, -0.25) is 4.98 Å². The summed E-state index contributed by atoms with van der Waals surface area (Å²) in [5.74, 6) is 1.22. The van der Waals surface area contributed by atoms with Crippen molar-refractivity contribution in [2.24, 2.45) is 0 Å². The summed E-state index contributed by atoms with van der Waals surface area (Å²) in [5.41, 5.74) is 18.0. The van der Waals surface area contributed by atoms with Gasteiger partial charge < -0.3 is 19.0 Å². The second-order valence-electron chi connectivity index (χ2n) is 22.8. The number of para-hydroxylation sites is 2. The summed E-state index contributed by atoms with van der Waals surface area (Å²) in [4.78, 5) is 18.7. The molecule has 12 rings (SSSR count). The Balaban J connectivity index is 0.000000195. The summed E-state index contributed by atoms with van der Waals surface area (Å²) in [7, 11) is -1.23.